The molecule has 3 aromatic rings. The molecule has 0 spiro atoms. The number of hydrogen-bond acceptors (Lipinski definition) is 0. The van der Waals surface area contributed by atoms with Crippen LogP contribution in [0.5, 0.6) is 0 Å². The van der Waals surface area contributed by atoms with Crippen LogP contribution in [-0.4, -0.2) is 0 Å². The minimum atomic E-state index is 0.0131. The van der Waals surface area contributed by atoms with Crippen molar-refractivity contribution in [3.8, 4) is 11.1 Å². The number of allylic oxidation sites excluding steroid dienone is 4. The fourth-order valence-electron chi connectivity index (χ4n) is 6.14. The Balaban J connectivity index is 1.45. The Hall–Kier alpha value is -1.90. The summed E-state index contributed by atoms with van der Waals surface area (Å²) in [6.07, 6.45) is 4.72. The van der Waals surface area contributed by atoms with Crippen molar-refractivity contribution in [1.82, 2.24) is 0 Å². The highest BCUT2D eigenvalue weighted by Crippen LogP contribution is 2.54. The minimum Gasteiger partial charge on any atom is -0.0541 e. The van der Waals surface area contributed by atoms with Crippen molar-refractivity contribution in [3.63, 3.8) is 0 Å². The van der Waals surface area contributed by atoms with Crippen LogP contribution in [0.15, 0.2) is 75.2 Å². The summed E-state index contributed by atoms with van der Waals surface area (Å²) >= 11 is 7.36. The summed E-state index contributed by atoms with van der Waals surface area (Å²) < 4.78 is 2.32. The molecule has 0 aliphatic heterocycles. The van der Waals surface area contributed by atoms with Crippen molar-refractivity contribution < 1.29 is 0 Å². The second-order valence-electron chi connectivity index (χ2n) is 10.5. The first-order valence-electron chi connectivity index (χ1n) is 11.4. The highest BCUT2D eigenvalue weighted by atomic mass is 79.9. The standard InChI is InChI=1S/C30H26Br2/c1-29(2)25-13-17(5-9-21(25)23-11-7-19(31)15-27(23)29)18-6-10-22-24-12-8-20(32)16-28(24)30(3,4)26(22)14-18/h5,7-9,11-16H,6,10H2,1-4H3. The third kappa shape index (κ3) is 2.78. The summed E-state index contributed by atoms with van der Waals surface area (Å²) in [5.41, 5.74) is 14.5. The summed E-state index contributed by atoms with van der Waals surface area (Å²) in [6.45, 7) is 9.47. The Bertz CT molecular complexity index is 1380. The summed E-state index contributed by atoms with van der Waals surface area (Å²) in [5, 5.41) is 0. The van der Waals surface area contributed by atoms with Gasteiger partial charge in [0.2, 0.25) is 0 Å². The summed E-state index contributed by atoms with van der Waals surface area (Å²) in [5.74, 6) is 0. The van der Waals surface area contributed by atoms with Crippen LogP contribution in [-0.2, 0) is 10.8 Å². The van der Waals surface area contributed by atoms with Crippen molar-refractivity contribution in [3.05, 3.63) is 103 Å². The molecule has 160 valence electrons. The molecule has 0 N–H and O–H groups in total. The van der Waals surface area contributed by atoms with Gasteiger partial charge in [-0.3, -0.25) is 0 Å². The lowest BCUT2D eigenvalue weighted by molar-refractivity contribution is 0.651. The molecule has 3 aliphatic carbocycles. The van der Waals surface area contributed by atoms with Gasteiger partial charge in [0.1, 0.15) is 0 Å². The first kappa shape index (κ1) is 20.7. The molecule has 0 nitrogen and oxygen atoms in total. The van der Waals surface area contributed by atoms with Crippen molar-refractivity contribution in [2.24, 2.45) is 0 Å². The van der Waals surface area contributed by atoms with Gasteiger partial charge in [-0.15, -0.1) is 0 Å². The molecule has 0 radical (unpaired) electrons. The van der Waals surface area contributed by atoms with Gasteiger partial charge in [0.25, 0.3) is 0 Å². The second-order valence-corrected chi connectivity index (χ2v) is 12.3. The number of fused-ring (bicyclic) bond motifs is 5. The predicted octanol–water partition coefficient (Wildman–Crippen LogP) is 9.44. The van der Waals surface area contributed by atoms with Crippen LogP contribution in [0.3, 0.4) is 0 Å². The Morgan fingerprint density at radius 1 is 0.625 bits per heavy atom. The average Bonchev–Trinajstić information content (AvgIpc) is 3.12. The molecule has 0 saturated heterocycles. The van der Waals surface area contributed by atoms with E-state index in [1.54, 1.807) is 5.57 Å². The Kier molecular flexibility index (Phi) is 4.40. The molecule has 0 atom stereocenters. The van der Waals surface area contributed by atoms with E-state index in [9.17, 15) is 0 Å². The number of benzene rings is 3. The average molecular weight is 546 g/mol. The first-order chi connectivity index (χ1) is 15.2. The van der Waals surface area contributed by atoms with E-state index in [2.05, 4.69) is 120 Å². The van der Waals surface area contributed by atoms with Gasteiger partial charge in [0.05, 0.1) is 0 Å². The molecule has 0 aromatic heterocycles. The van der Waals surface area contributed by atoms with Crippen LogP contribution in [0, 0.1) is 0 Å². The molecule has 0 bridgehead atoms. The molecule has 0 heterocycles. The Morgan fingerprint density at radius 3 is 1.88 bits per heavy atom. The van der Waals surface area contributed by atoms with E-state index < -0.39 is 0 Å². The highest BCUT2D eigenvalue weighted by molar-refractivity contribution is 9.10. The molecule has 6 rings (SSSR count). The largest absolute Gasteiger partial charge is 0.0541 e. The van der Waals surface area contributed by atoms with Crippen molar-refractivity contribution >= 4 is 43.0 Å². The Labute approximate surface area is 207 Å². The van der Waals surface area contributed by atoms with Crippen molar-refractivity contribution in [2.45, 2.75) is 51.4 Å². The number of hydrogen-bond donors (Lipinski definition) is 0. The smallest absolute Gasteiger partial charge is 0.0178 e. The lowest BCUT2D eigenvalue weighted by Crippen LogP contribution is -2.17. The number of halogens is 2. The van der Waals surface area contributed by atoms with Gasteiger partial charge in [-0.25, -0.2) is 0 Å². The topological polar surface area (TPSA) is 0 Å². The molecule has 2 heteroatoms. The maximum absolute atomic E-state index is 3.68. The van der Waals surface area contributed by atoms with Crippen LogP contribution in [0.1, 0.15) is 68.4 Å². The van der Waals surface area contributed by atoms with E-state index in [0.29, 0.717) is 0 Å². The van der Waals surface area contributed by atoms with Crippen LogP contribution in [0.4, 0.5) is 0 Å². The summed E-state index contributed by atoms with van der Waals surface area (Å²) in [7, 11) is 0. The van der Waals surface area contributed by atoms with Gasteiger partial charge in [-0.1, -0.05) is 89.9 Å². The molecule has 0 fully saturated rings. The molecule has 0 unspecified atom stereocenters. The minimum absolute atomic E-state index is 0.0131. The van der Waals surface area contributed by atoms with E-state index in [4.69, 9.17) is 0 Å². The molecule has 3 aromatic carbocycles. The summed E-state index contributed by atoms with van der Waals surface area (Å²) in [6, 6.07) is 20.7. The highest BCUT2D eigenvalue weighted by Gasteiger charge is 2.39. The maximum Gasteiger partial charge on any atom is 0.0178 e. The van der Waals surface area contributed by atoms with Gasteiger partial charge in [-0.05, 0) is 98.8 Å². The second kappa shape index (κ2) is 6.81. The predicted molar refractivity (Wildman–Crippen MR) is 143 cm³/mol. The first-order valence-corrected chi connectivity index (χ1v) is 13.0. The molecular formula is C30H26Br2. The van der Waals surface area contributed by atoms with Gasteiger partial charge in [0, 0.05) is 19.8 Å². The van der Waals surface area contributed by atoms with Crippen LogP contribution in [0.25, 0.3) is 22.3 Å². The molecule has 0 saturated carbocycles. The van der Waals surface area contributed by atoms with Crippen LogP contribution < -0.4 is 0 Å². The van der Waals surface area contributed by atoms with Crippen molar-refractivity contribution in [2.75, 3.05) is 0 Å². The zero-order valence-corrected chi connectivity index (χ0v) is 22.1. The Morgan fingerprint density at radius 2 is 1.19 bits per heavy atom. The molecule has 3 aliphatic rings. The van der Waals surface area contributed by atoms with E-state index in [1.165, 1.54) is 54.6 Å². The van der Waals surface area contributed by atoms with E-state index in [0.717, 1.165) is 17.3 Å². The fourth-order valence-corrected chi connectivity index (χ4v) is 6.87. The van der Waals surface area contributed by atoms with E-state index in [-0.39, 0.29) is 10.8 Å². The van der Waals surface area contributed by atoms with E-state index >= 15 is 0 Å². The maximum atomic E-state index is 3.68. The molecule has 0 amide bonds. The lowest BCUT2D eigenvalue weighted by atomic mass is 9.77. The van der Waals surface area contributed by atoms with Crippen LogP contribution >= 0.6 is 31.9 Å². The zero-order chi connectivity index (χ0) is 22.4. The normalized spacial score (nSPS) is 19.2. The van der Waals surface area contributed by atoms with Crippen molar-refractivity contribution in [1.29, 1.82) is 0 Å². The number of rotatable bonds is 1. The third-order valence-corrected chi connectivity index (χ3v) is 8.94. The van der Waals surface area contributed by atoms with E-state index in [1.807, 2.05) is 0 Å². The van der Waals surface area contributed by atoms with Gasteiger partial charge >= 0.3 is 0 Å². The summed E-state index contributed by atoms with van der Waals surface area (Å²) in [4.78, 5) is 0. The zero-order valence-electron chi connectivity index (χ0n) is 18.9. The van der Waals surface area contributed by atoms with Crippen LogP contribution in [0.2, 0.25) is 0 Å². The van der Waals surface area contributed by atoms with Gasteiger partial charge < -0.3 is 0 Å². The molecule has 32 heavy (non-hydrogen) atoms. The quantitative estimate of drug-likeness (QED) is 0.285. The SMILES string of the molecule is CC1(C)C2=C(CCC(c3ccc4c(c3)C(C)(C)c3cc(Br)ccc3-4)=C2)c2ccc(Br)cc21. The fraction of sp³-hybridized carbons (Fsp3) is 0.267. The molecular weight excluding hydrogens is 520 g/mol. The third-order valence-electron chi connectivity index (χ3n) is 7.95. The van der Waals surface area contributed by atoms with Gasteiger partial charge in [-0.2, -0.15) is 0 Å². The van der Waals surface area contributed by atoms with Gasteiger partial charge in [0.15, 0.2) is 0 Å². The lowest BCUT2D eigenvalue weighted by Gasteiger charge is -2.26. The monoisotopic (exact) mass is 544 g/mol.